The van der Waals surface area contributed by atoms with Crippen molar-refractivity contribution in [2.45, 2.75) is 19.8 Å². The van der Waals surface area contributed by atoms with Crippen molar-refractivity contribution in [2.24, 2.45) is 0 Å². The van der Waals surface area contributed by atoms with E-state index in [2.05, 4.69) is 74.4 Å². The molecule has 12 heteroatoms. The van der Waals surface area contributed by atoms with E-state index in [-0.39, 0.29) is 29.3 Å². The second kappa shape index (κ2) is 12.4. The third-order valence-electron chi connectivity index (χ3n) is 6.63. The summed E-state index contributed by atoms with van der Waals surface area (Å²) in [5.74, 6) is -4.03. The third kappa shape index (κ3) is 5.34. The Hall–Kier alpha value is -2.93. The number of hydrogen-bond acceptors (Lipinski definition) is 7. The van der Waals surface area contributed by atoms with Gasteiger partial charge in [0, 0.05) is 17.9 Å². The molecule has 0 amide bonds. The Labute approximate surface area is 274 Å². The number of nitrogens with one attached hydrogen (secondary N) is 2. The highest BCUT2D eigenvalue weighted by molar-refractivity contribution is 9.11. The van der Waals surface area contributed by atoms with Gasteiger partial charge in [0.2, 0.25) is 11.6 Å². The molecule has 216 valence electrons. The van der Waals surface area contributed by atoms with Gasteiger partial charge >= 0.3 is 0 Å². The molecule has 4 aromatic carbocycles. The molecular formula is C30H21Br4FN2O5. The van der Waals surface area contributed by atoms with Crippen LogP contribution in [0.15, 0.2) is 66.4 Å². The van der Waals surface area contributed by atoms with Crippen molar-refractivity contribution >= 4 is 98.0 Å². The zero-order valence-corrected chi connectivity index (χ0v) is 28.1. The number of phenols is 2. The lowest BCUT2D eigenvalue weighted by Crippen LogP contribution is -2.25. The molecule has 0 fully saturated rings. The number of carbonyl (C=O) groups is 2. The molecule has 42 heavy (non-hydrogen) atoms. The van der Waals surface area contributed by atoms with Crippen molar-refractivity contribution in [3.63, 3.8) is 0 Å². The number of ether oxygens (including phenoxy) is 1. The average molecular weight is 828 g/mol. The summed E-state index contributed by atoms with van der Waals surface area (Å²) in [4.78, 5) is 27.8. The Kier molecular flexibility index (Phi) is 8.98. The lowest BCUT2D eigenvalue weighted by atomic mass is 9.81. The van der Waals surface area contributed by atoms with Crippen molar-refractivity contribution < 1.29 is 28.9 Å². The van der Waals surface area contributed by atoms with Crippen LogP contribution >= 0.6 is 63.7 Å². The third-order valence-corrected chi connectivity index (χ3v) is 9.28. The molecule has 0 aliphatic heterocycles. The van der Waals surface area contributed by atoms with Crippen LogP contribution in [0.3, 0.4) is 0 Å². The van der Waals surface area contributed by atoms with Crippen molar-refractivity contribution in [1.82, 2.24) is 0 Å². The molecule has 0 spiro atoms. The number of phenolic OH excluding ortho intramolecular Hbond substituents is 2. The first-order chi connectivity index (χ1) is 20.1. The number of fused-ring (bicyclic) bond motifs is 2. The fourth-order valence-electron chi connectivity index (χ4n) is 4.60. The van der Waals surface area contributed by atoms with Crippen LogP contribution in [0.4, 0.5) is 27.1 Å². The molecule has 0 atom stereocenters. The van der Waals surface area contributed by atoms with Crippen molar-refractivity contribution in [1.29, 1.82) is 0 Å². The summed E-state index contributed by atoms with van der Waals surface area (Å²) in [7, 11) is 0. The standard InChI is InChI=1S/C30H21Br4FN2O5/c1-2-3-12-42-30-22-21(28(40)19-17(38)10-11-18(39)20(19)29(22)41)23(35)26(36-24-13(31)6-4-7-14(24)32)27(30)37-25-15(33)8-5-9-16(25)34/h4-11,36-39H,2-3,12H2,1H3. The van der Waals surface area contributed by atoms with Gasteiger partial charge in [0.15, 0.2) is 11.6 Å². The predicted molar refractivity (Wildman–Crippen MR) is 174 cm³/mol. The van der Waals surface area contributed by atoms with Crippen LogP contribution in [0.1, 0.15) is 51.6 Å². The Bertz CT molecular complexity index is 1740. The van der Waals surface area contributed by atoms with Gasteiger partial charge in [-0.2, -0.15) is 0 Å². The summed E-state index contributed by atoms with van der Waals surface area (Å²) in [6.45, 7) is 2.11. The minimum absolute atomic E-state index is 0.0434. The molecule has 7 nitrogen and oxygen atoms in total. The highest BCUT2D eigenvalue weighted by Gasteiger charge is 2.42. The van der Waals surface area contributed by atoms with E-state index < -0.39 is 45.6 Å². The SMILES string of the molecule is CCCCOc1c(Nc2c(Br)cccc2Br)c(Nc2c(Br)cccc2Br)c(F)c2c1C(=O)c1c(O)ccc(O)c1C2=O. The van der Waals surface area contributed by atoms with Gasteiger partial charge in [-0.1, -0.05) is 25.5 Å². The number of carbonyl (C=O) groups excluding carboxylic acids is 2. The molecule has 0 radical (unpaired) electrons. The molecule has 1 aliphatic rings. The van der Waals surface area contributed by atoms with Crippen molar-refractivity contribution in [3.05, 3.63) is 94.5 Å². The maximum atomic E-state index is 16.9. The molecular weight excluding hydrogens is 807 g/mol. The number of halogens is 5. The zero-order chi connectivity index (χ0) is 30.3. The number of unbranched alkanes of at least 4 members (excludes halogenated alkanes) is 1. The Balaban J connectivity index is 1.88. The summed E-state index contributed by atoms with van der Waals surface area (Å²) in [5, 5.41) is 27.4. The molecule has 0 unspecified atom stereocenters. The zero-order valence-electron chi connectivity index (χ0n) is 21.7. The molecule has 0 heterocycles. The first-order valence-corrected chi connectivity index (χ1v) is 15.8. The van der Waals surface area contributed by atoms with Crippen LogP contribution in [-0.2, 0) is 0 Å². The first-order valence-electron chi connectivity index (χ1n) is 12.6. The second-order valence-corrected chi connectivity index (χ2v) is 12.7. The highest BCUT2D eigenvalue weighted by Crippen LogP contribution is 2.51. The van der Waals surface area contributed by atoms with Crippen LogP contribution in [0.25, 0.3) is 0 Å². The molecule has 0 bridgehead atoms. The first kappa shape index (κ1) is 30.5. The monoisotopic (exact) mass is 824 g/mol. The number of para-hydroxylation sites is 2. The minimum Gasteiger partial charge on any atom is -0.507 e. The van der Waals surface area contributed by atoms with Gasteiger partial charge in [-0.25, -0.2) is 4.39 Å². The summed E-state index contributed by atoms with van der Waals surface area (Å²) in [6, 6.07) is 12.8. The quantitative estimate of drug-likeness (QED) is 0.0912. The molecule has 4 aromatic rings. The maximum absolute atomic E-state index is 16.9. The largest absolute Gasteiger partial charge is 0.507 e. The van der Waals surface area contributed by atoms with E-state index in [1.807, 2.05) is 6.92 Å². The topological polar surface area (TPSA) is 108 Å². The number of anilines is 4. The fourth-order valence-corrected chi connectivity index (χ4v) is 6.99. The Morgan fingerprint density at radius 1 is 0.690 bits per heavy atom. The molecule has 0 aromatic heterocycles. The maximum Gasteiger partial charge on any atom is 0.202 e. The Morgan fingerprint density at radius 2 is 1.14 bits per heavy atom. The van der Waals surface area contributed by atoms with Crippen LogP contribution in [0, 0.1) is 5.82 Å². The molecule has 0 saturated heterocycles. The van der Waals surface area contributed by atoms with Crippen molar-refractivity contribution in [3.8, 4) is 17.2 Å². The van der Waals surface area contributed by atoms with Crippen LogP contribution < -0.4 is 15.4 Å². The lowest BCUT2D eigenvalue weighted by Gasteiger charge is -2.28. The fraction of sp³-hybridized carbons (Fsp3) is 0.133. The van der Waals surface area contributed by atoms with Gasteiger partial charge in [-0.15, -0.1) is 0 Å². The van der Waals surface area contributed by atoms with Gasteiger partial charge in [-0.3, -0.25) is 9.59 Å². The van der Waals surface area contributed by atoms with E-state index in [0.29, 0.717) is 35.7 Å². The number of rotatable bonds is 8. The van der Waals surface area contributed by atoms with E-state index in [0.717, 1.165) is 18.6 Å². The van der Waals surface area contributed by atoms with E-state index in [1.165, 1.54) is 0 Å². The summed E-state index contributed by atoms with van der Waals surface area (Å²) in [5.41, 5.74) is -1.03. The second-order valence-electron chi connectivity index (χ2n) is 9.30. The normalized spacial score (nSPS) is 12.1. The minimum atomic E-state index is -1.05. The van der Waals surface area contributed by atoms with Gasteiger partial charge in [0.1, 0.15) is 22.9 Å². The number of hydrogen-bond donors (Lipinski definition) is 4. The van der Waals surface area contributed by atoms with E-state index in [1.54, 1.807) is 36.4 Å². The summed E-state index contributed by atoms with van der Waals surface area (Å²) in [6.07, 6.45) is 1.37. The molecule has 0 saturated carbocycles. The van der Waals surface area contributed by atoms with Gasteiger partial charge < -0.3 is 25.6 Å². The number of benzene rings is 4. The van der Waals surface area contributed by atoms with Gasteiger partial charge in [0.05, 0.1) is 40.2 Å². The van der Waals surface area contributed by atoms with E-state index >= 15 is 4.39 Å². The van der Waals surface area contributed by atoms with Gasteiger partial charge in [0.25, 0.3) is 0 Å². The van der Waals surface area contributed by atoms with Crippen LogP contribution in [0.2, 0.25) is 0 Å². The molecule has 4 N–H and O–H groups in total. The highest BCUT2D eigenvalue weighted by atomic mass is 79.9. The van der Waals surface area contributed by atoms with Crippen LogP contribution in [-0.4, -0.2) is 28.4 Å². The van der Waals surface area contributed by atoms with Crippen molar-refractivity contribution in [2.75, 3.05) is 17.2 Å². The predicted octanol–water partition coefficient (Wildman–Crippen LogP) is 9.73. The number of ketones is 2. The molecule has 1 aliphatic carbocycles. The van der Waals surface area contributed by atoms with E-state index in [4.69, 9.17) is 4.74 Å². The van der Waals surface area contributed by atoms with Crippen LogP contribution in [0.5, 0.6) is 17.2 Å². The van der Waals surface area contributed by atoms with E-state index in [9.17, 15) is 19.8 Å². The van der Waals surface area contributed by atoms with Gasteiger partial charge in [-0.05, 0) is 107 Å². The summed E-state index contributed by atoms with van der Waals surface area (Å²) >= 11 is 14.0. The molecule has 5 rings (SSSR count). The Morgan fingerprint density at radius 3 is 1.62 bits per heavy atom. The average Bonchev–Trinajstić information content (AvgIpc) is 2.94. The smallest absolute Gasteiger partial charge is 0.202 e. The summed E-state index contributed by atoms with van der Waals surface area (Å²) < 4.78 is 25.5. The lowest BCUT2D eigenvalue weighted by molar-refractivity contribution is 0.0967. The number of aromatic hydroxyl groups is 2.